The van der Waals surface area contributed by atoms with Gasteiger partial charge in [0.1, 0.15) is 0 Å². The molecule has 0 radical (unpaired) electrons. The zero-order chi connectivity index (χ0) is 15.4. The largest absolute Gasteiger partial charge is 0.481 e. The number of nitrogens with zero attached hydrogens (tertiary/aromatic N) is 1. The first-order valence-corrected chi connectivity index (χ1v) is 8.45. The van der Waals surface area contributed by atoms with Gasteiger partial charge in [0, 0.05) is 19.5 Å². The van der Waals surface area contributed by atoms with Crippen LogP contribution in [0.25, 0.3) is 0 Å². The van der Waals surface area contributed by atoms with E-state index < -0.39 is 5.97 Å². The molecule has 1 aliphatic rings. The van der Waals surface area contributed by atoms with Crippen molar-refractivity contribution >= 4 is 23.2 Å². The zero-order valence-electron chi connectivity index (χ0n) is 12.7. The molecule has 1 unspecified atom stereocenters. The van der Waals surface area contributed by atoms with Crippen LogP contribution < -0.4 is 0 Å². The van der Waals surface area contributed by atoms with Gasteiger partial charge < -0.3 is 10.0 Å². The summed E-state index contributed by atoms with van der Waals surface area (Å²) in [5.41, 5.74) is 1.12. The average Bonchev–Trinajstić information content (AvgIpc) is 2.94. The summed E-state index contributed by atoms with van der Waals surface area (Å²) in [4.78, 5) is 26.1. The van der Waals surface area contributed by atoms with E-state index >= 15 is 0 Å². The van der Waals surface area contributed by atoms with Crippen LogP contribution in [0, 0.1) is 5.92 Å². The first-order chi connectivity index (χ1) is 9.99. The predicted molar refractivity (Wildman–Crippen MR) is 83.9 cm³/mol. The van der Waals surface area contributed by atoms with Crippen molar-refractivity contribution in [3.05, 3.63) is 21.9 Å². The third-order valence-electron chi connectivity index (χ3n) is 4.08. The molecule has 1 saturated heterocycles. The number of amides is 1. The minimum Gasteiger partial charge on any atom is -0.481 e. The molecule has 0 aromatic carbocycles. The lowest BCUT2D eigenvalue weighted by molar-refractivity contribution is -0.137. The maximum absolute atomic E-state index is 12.7. The number of likely N-dealkylation sites (tertiary alicyclic amines) is 1. The van der Waals surface area contributed by atoms with E-state index in [1.165, 1.54) is 11.3 Å². The lowest BCUT2D eigenvalue weighted by Gasteiger charge is -2.32. The molecule has 5 heteroatoms. The number of piperidine rings is 1. The minimum absolute atomic E-state index is 0.119. The van der Waals surface area contributed by atoms with Gasteiger partial charge in [0.05, 0.1) is 4.88 Å². The summed E-state index contributed by atoms with van der Waals surface area (Å²) in [6.45, 7) is 5.69. The molecule has 1 aromatic rings. The van der Waals surface area contributed by atoms with Gasteiger partial charge in [0.2, 0.25) is 0 Å². The van der Waals surface area contributed by atoms with Gasteiger partial charge >= 0.3 is 5.97 Å². The highest BCUT2D eigenvalue weighted by atomic mass is 32.1. The molecule has 0 spiro atoms. The van der Waals surface area contributed by atoms with Crippen LogP contribution in [-0.2, 0) is 4.79 Å². The van der Waals surface area contributed by atoms with Crippen molar-refractivity contribution in [2.75, 3.05) is 13.1 Å². The summed E-state index contributed by atoms with van der Waals surface area (Å²) in [6.07, 6.45) is 2.86. The van der Waals surface area contributed by atoms with E-state index in [9.17, 15) is 9.59 Å². The van der Waals surface area contributed by atoms with Gasteiger partial charge in [0.15, 0.2) is 0 Å². The number of thiophene rings is 1. The molecule has 1 aromatic heterocycles. The van der Waals surface area contributed by atoms with Crippen molar-refractivity contribution in [2.45, 2.75) is 45.4 Å². The topological polar surface area (TPSA) is 57.6 Å². The molecule has 4 nitrogen and oxygen atoms in total. The smallest absolute Gasteiger partial charge is 0.303 e. The second-order valence-electron chi connectivity index (χ2n) is 6.05. The van der Waals surface area contributed by atoms with Crippen LogP contribution in [0.5, 0.6) is 0 Å². The number of rotatable bonds is 5. The zero-order valence-corrected chi connectivity index (χ0v) is 13.5. The Morgan fingerprint density at radius 1 is 1.48 bits per heavy atom. The second kappa shape index (κ2) is 7.07. The number of aliphatic carboxylic acids is 1. The molecule has 2 heterocycles. The van der Waals surface area contributed by atoms with Crippen LogP contribution >= 0.6 is 11.3 Å². The number of carboxylic acid groups (broad SMARTS) is 1. The van der Waals surface area contributed by atoms with E-state index in [-0.39, 0.29) is 12.3 Å². The number of hydrogen-bond donors (Lipinski definition) is 1. The molecule has 1 N–H and O–H groups in total. The highest BCUT2D eigenvalue weighted by Crippen LogP contribution is 2.28. The number of carbonyl (C=O) groups is 2. The Morgan fingerprint density at radius 2 is 2.24 bits per heavy atom. The van der Waals surface area contributed by atoms with E-state index in [1.54, 1.807) is 0 Å². The minimum atomic E-state index is -0.751. The number of carboxylic acids is 1. The van der Waals surface area contributed by atoms with Gasteiger partial charge in [-0.2, -0.15) is 0 Å². The van der Waals surface area contributed by atoms with Gasteiger partial charge in [-0.15, -0.1) is 11.3 Å². The fourth-order valence-corrected chi connectivity index (χ4v) is 3.92. The van der Waals surface area contributed by atoms with Crippen molar-refractivity contribution in [1.82, 2.24) is 4.90 Å². The van der Waals surface area contributed by atoms with E-state index in [1.807, 2.05) is 16.3 Å². The van der Waals surface area contributed by atoms with Gasteiger partial charge in [-0.1, -0.05) is 13.8 Å². The maximum atomic E-state index is 12.7. The predicted octanol–water partition coefficient (Wildman–Crippen LogP) is 3.59. The Bertz CT molecular complexity index is 509. The van der Waals surface area contributed by atoms with E-state index in [4.69, 9.17) is 5.11 Å². The molecule has 1 fully saturated rings. The lowest BCUT2D eigenvalue weighted by atomic mass is 9.93. The number of carbonyl (C=O) groups excluding carboxylic acids is 1. The molecular weight excluding hydrogens is 286 g/mol. The summed E-state index contributed by atoms with van der Waals surface area (Å²) in [7, 11) is 0. The van der Waals surface area contributed by atoms with Crippen LogP contribution in [0.2, 0.25) is 0 Å². The normalized spacial score (nSPS) is 19.0. The Kier molecular flexibility index (Phi) is 5.39. The van der Waals surface area contributed by atoms with Crippen LogP contribution in [0.3, 0.4) is 0 Å². The van der Waals surface area contributed by atoms with Crippen molar-refractivity contribution in [2.24, 2.45) is 5.92 Å². The number of hydrogen-bond acceptors (Lipinski definition) is 3. The third kappa shape index (κ3) is 4.06. The maximum Gasteiger partial charge on any atom is 0.303 e. The van der Waals surface area contributed by atoms with E-state index in [0.29, 0.717) is 24.8 Å². The third-order valence-corrected chi connectivity index (χ3v) is 5.00. The quantitative estimate of drug-likeness (QED) is 0.904. The molecule has 1 atom stereocenters. The average molecular weight is 309 g/mol. The molecule has 2 rings (SSSR count). The fourth-order valence-electron chi connectivity index (χ4n) is 2.90. The summed E-state index contributed by atoms with van der Waals surface area (Å²) >= 11 is 1.51. The summed E-state index contributed by atoms with van der Waals surface area (Å²) in [6, 6.07) is 2.04. The SMILES string of the molecule is CC(C)c1ccsc1C(=O)N1CCCC(CCC(=O)O)C1. The molecular formula is C16H23NO3S. The molecule has 21 heavy (non-hydrogen) atoms. The van der Waals surface area contributed by atoms with Gasteiger partial charge in [-0.3, -0.25) is 9.59 Å². The first kappa shape index (κ1) is 16.0. The van der Waals surface area contributed by atoms with Gasteiger partial charge in [-0.05, 0) is 48.1 Å². The van der Waals surface area contributed by atoms with E-state index in [2.05, 4.69) is 13.8 Å². The Morgan fingerprint density at radius 3 is 2.90 bits per heavy atom. The molecule has 1 amide bonds. The van der Waals surface area contributed by atoms with Crippen molar-refractivity contribution in [3.8, 4) is 0 Å². The van der Waals surface area contributed by atoms with Crippen LogP contribution in [0.1, 0.15) is 60.7 Å². The summed E-state index contributed by atoms with van der Waals surface area (Å²) in [5.74, 6) is 0.0385. The van der Waals surface area contributed by atoms with Gasteiger partial charge in [0.25, 0.3) is 5.91 Å². The molecule has 1 aliphatic heterocycles. The molecule has 0 saturated carbocycles. The lowest BCUT2D eigenvalue weighted by Crippen LogP contribution is -2.40. The Labute approximate surface area is 129 Å². The standard InChI is InChI=1S/C16H23NO3S/c1-11(2)13-7-9-21-15(13)16(20)17-8-3-4-12(10-17)5-6-14(18)19/h7,9,11-12H,3-6,8,10H2,1-2H3,(H,18,19). The summed E-state index contributed by atoms with van der Waals surface area (Å²) in [5, 5.41) is 10.8. The monoisotopic (exact) mass is 309 g/mol. The van der Waals surface area contributed by atoms with Crippen LogP contribution in [0.4, 0.5) is 0 Å². The van der Waals surface area contributed by atoms with Crippen LogP contribution in [-0.4, -0.2) is 35.0 Å². The van der Waals surface area contributed by atoms with E-state index in [0.717, 1.165) is 29.8 Å². The fraction of sp³-hybridized carbons (Fsp3) is 0.625. The Hall–Kier alpha value is -1.36. The van der Waals surface area contributed by atoms with Gasteiger partial charge in [-0.25, -0.2) is 0 Å². The van der Waals surface area contributed by atoms with Crippen LogP contribution in [0.15, 0.2) is 11.4 Å². The van der Waals surface area contributed by atoms with Crippen molar-refractivity contribution < 1.29 is 14.7 Å². The first-order valence-electron chi connectivity index (χ1n) is 7.57. The Balaban J connectivity index is 2.01. The van der Waals surface area contributed by atoms with Crippen molar-refractivity contribution in [1.29, 1.82) is 0 Å². The molecule has 116 valence electrons. The van der Waals surface area contributed by atoms with Crippen molar-refractivity contribution in [3.63, 3.8) is 0 Å². The highest BCUT2D eigenvalue weighted by Gasteiger charge is 2.27. The summed E-state index contributed by atoms with van der Waals surface area (Å²) < 4.78 is 0. The second-order valence-corrected chi connectivity index (χ2v) is 6.97. The molecule has 0 bridgehead atoms. The highest BCUT2D eigenvalue weighted by molar-refractivity contribution is 7.12. The molecule has 0 aliphatic carbocycles.